The summed E-state index contributed by atoms with van der Waals surface area (Å²) in [4.78, 5) is 12.6. The Balaban J connectivity index is 1.68. The van der Waals surface area contributed by atoms with Crippen LogP contribution in [0.2, 0.25) is 0 Å². The molecule has 0 fully saturated rings. The van der Waals surface area contributed by atoms with Crippen LogP contribution >= 0.6 is 0 Å². The normalized spacial score (nSPS) is 10.8. The van der Waals surface area contributed by atoms with E-state index in [4.69, 9.17) is 10.5 Å². The molecule has 25 heavy (non-hydrogen) atoms. The maximum atomic E-state index is 5.83. The fourth-order valence-electron chi connectivity index (χ4n) is 2.39. The van der Waals surface area contributed by atoms with Crippen molar-refractivity contribution in [1.29, 1.82) is 0 Å². The molecule has 0 radical (unpaired) electrons. The van der Waals surface area contributed by atoms with Crippen LogP contribution in [0.5, 0.6) is 11.5 Å². The van der Waals surface area contributed by atoms with E-state index in [1.807, 2.05) is 37.5 Å². The Morgan fingerprint density at radius 1 is 1.04 bits per heavy atom. The van der Waals surface area contributed by atoms with Gasteiger partial charge >= 0.3 is 0 Å². The van der Waals surface area contributed by atoms with E-state index in [0.717, 1.165) is 10.9 Å². The second-order valence-corrected chi connectivity index (χ2v) is 5.42. The van der Waals surface area contributed by atoms with E-state index in [1.165, 1.54) is 6.33 Å². The average Bonchev–Trinajstić information content (AvgIpc) is 3.02. The third kappa shape index (κ3) is 3.18. The van der Waals surface area contributed by atoms with E-state index in [1.54, 1.807) is 23.0 Å². The second kappa shape index (κ2) is 6.08. The number of aromatic nitrogens is 5. The molecule has 0 unspecified atom stereocenters. The molecule has 4 aromatic rings. The highest BCUT2D eigenvalue weighted by Gasteiger charge is 2.08. The summed E-state index contributed by atoms with van der Waals surface area (Å²) in [6, 6.07) is 10.9. The maximum Gasteiger partial charge on any atom is 0.153 e. The van der Waals surface area contributed by atoms with Gasteiger partial charge in [0.05, 0.1) is 11.7 Å². The van der Waals surface area contributed by atoms with Crippen LogP contribution in [0.1, 0.15) is 0 Å². The molecule has 124 valence electrons. The van der Waals surface area contributed by atoms with Gasteiger partial charge in [-0.3, -0.25) is 4.68 Å². The number of anilines is 3. The van der Waals surface area contributed by atoms with Gasteiger partial charge in [-0.05, 0) is 30.3 Å². The maximum absolute atomic E-state index is 5.83. The first-order valence-corrected chi connectivity index (χ1v) is 7.58. The Morgan fingerprint density at radius 2 is 1.92 bits per heavy atom. The quantitative estimate of drug-likeness (QED) is 0.592. The number of aryl methyl sites for hydroxylation is 1. The zero-order valence-corrected chi connectivity index (χ0v) is 13.4. The average molecular weight is 333 g/mol. The third-order valence-corrected chi connectivity index (χ3v) is 3.56. The van der Waals surface area contributed by atoms with Gasteiger partial charge in [0.25, 0.3) is 0 Å². The van der Waals surface area contributed by atoms with Crippen molar-refractivity contribution in [2.24, 2.45) is 7.05 Å². The lowest BCUT2D eigenvalue weighted by molar-refractivity contribution is 0.481. The van der Waals surface area contributed by atoms with Gasteiger partial charge in [0, 0.05) is 24.7 Å². The lowest BCUT2D eigenvalue weighted by atomic mass is 10.2. The summed E-state index contributed by atoms with van der Waals surface area (Å²) in [7, 11) is 1.86. The smallest absolute Gasteiger partial charge is 0.153 e. The molecule has 0 bridgehead atoms. The van der Waals surface area contributed by atoms with Gasteiger partial charge in [-0.1, -0.05) is 0 Å². The summed E-state index contributed by atoms with van der Waals surface area (Å²) in [5.41, 5.74) is 6.39. The first kappa shape index (κ1) is 14.9. The molecule has 4 rings (SSSR count). The van der Waals surface area contributed by atoms with Gasteiger partial charge in [0.2, 0.25) is 0 Å². The zero-order valence-electron chi connectivity index (χ0n) is 13.4. The van der Waals surface area contributed by atoms with Gasteiger partial charge in [-0.15, -0.1) is 0 Å². The summed E-state index contributed by atoms with van der Waals surface area (Å²) in [5.74, 6) is 3.06. The Kier molecular flexibility index (Phi) is 3.62. The molecule has 0 spiro atoms. The van der Waals surface area contributed by atoms with E-state index < -0.39 is 0 Å². The number of pyridine rings is 1. The van der Waals surface area contributed by atoms with Crippen molar-refractivity contribution in [3.05, 3.63) is 55.1 Å². The number of rotatable bonds is 4. The molecule has 0 amide bonds. The summed E-state index contributed by atoms with van der Waals surface area (Å²) >= 11 is 0. The van der Waals surface area contributed by atoms with Crippen molar-refractivity contribution in [3.8, 4) is 11.5 Å². The summed E-state index contributed by atoms with van der Waals surface area (Å²) < 4.78 is 7.55. The lowest BCUT2D eigenvalue weighted by Crippen LogP contribution is -1.98. The summed E-state index contributed by atoms with van der Waals surface area (Å²) in [6.45, 7) is 0. The Bertz CT molecular complexity index is 1030. The minimum absolute atomic E-state index is 0.445. The highest BCUT2D eigenvalue weighted by Crippen LogP contribution is 2.28. The van der Waals surface area contributed by atoms with E-state index in [0.29, 0.717) is 29.0 Å². The van der Waals surface area contributed by atoms with Crippen molar-refractivity contribution in [1.82, 2.24) is 24.7 Å². The van der Waals surface area contributed by atoms with Gasteiger partial charge in [0.1, 0.15) is 29.5 Å². The van der Waals surface area contributed by atoms with Crippen LogP contribution in [-0.4, -0.2) is 24.7 Å². The highest BCUT2D eigenvalue weighted by molar-refractivity contribution is 5.91. The molecule has 1 aromatic carbocycles. The van der Waals surface area contributed by atoms with Gasteiger partial charge in [-0.25, -0.2) is 15.0 Å². The molecule has 0 atom stereocenters. The number of nitrogens with zero attached hydrogens (tertiary/aromatic N) is 5. The fourth-order valence-corrected chi connectivity index (χ4v) is 2.39. The van der Waals surface area contributed by atoms with Gasteiger partial charge in [0.15, 0.2) is 5.82 Å². The predicted molar refractivity (Wildman–Crippen MR) is 94.8 cm³/mol. The first-order valence-electron chi connectivity index (χ1n) is 7.58. The monoisotopic (exact) mass is 333 g/mol. The van der Waals surface area contributed by atoms with Crippen LogP contribution in [0.3, 0.4) is 0 Å². The van der Waals surface area contributed by atoms with Crippen molar-refractivity contribution < 1.29 is 4.74 Å². The largest absolute Gasteiger partial charge is 0.456 e. The number of nitrogens with one attached hydrogen (secondary N) is 1. The van der Waals surface area contributed by atoms with Gasteiger partial charge < -0.3 is 15.8 Å². The van der Waals surface area contributed by atoms with Crippen LogP contribution < -0.4 is 15.8 Å². The summed E-state index contributed by atoms with van der Waals surface area (Å²) in [6.07, 6.45) is 4.94. The molecule has 8 heteroatoms. The molecule has 3 N–H and O–H groups in total. The Hall–Kier alpha value is -3.68. The first-order chi connectivity index (χ1) is 12.2. The second-order valence-electron chi connectivity index (χ2n) is 5.42. The van der Waals surface area contributed by atoms with E-state index in [2.05, 4.69) is 25.4 Å². The van der Waals surface area contributed by atoms with Crippen LogP contribution in [-0.2, 0) is 7.05 Å². The molecular formula is C17H15N7O. The number of ether oxygens (including phenoxy) is 1. The van der Waals surface area contributed by atoms with Crippen LogP contribution in [0.25, 0.3) is 10.9 Å². The molecule has 3 aromatic heterocycles. The fraction of sp³-hybridized carbons (Fsp3) is 0.0588. The van der Waals surface area contributed by atoms with Crippen molar-refractivity contribution in [3.63, 3.8) is 0 Å². The molecule has 0 saturated carbocycles. The number of hydrogen-bond donors (Lipinski definition) is 2. The Morgan fingerprint density at radius 3 is 2.68 bits per heavy atom. The van der Waals surface area contributed by atoms with E-state index >= 15 is 0 Å². The standard InChI is InChI=1S/C17H15N7O/c1-24-7-6-16(23-24)22-17-13-8-11(2-4-14(13)20-10-21-17)25-12-3-5-15(18)19-9-12/h2-10H,1H3,(H2,18,19)(H,20,21,22,23). The summed E-state index contributed by atoms with van der Waals surface area (Å²) in [5, 5.41) is 8.33. The molecular weight excluding hydrogens is 318 g/mol. The Labute approximate surface area is 143 Å². The van der Waals surface area contributed by atoms with Crippen LogP contribution in [0.4, 0.5) is 17.5 Å². The minimum Gasteiger partial charge on any atom is -0.456 e. The highest BCUT2D eigenvalue weighted by atomic mass is 16.5. The van der Waals surface area contributed by atoms with Crippen molar-refractivity contribution in [2.75, 3.05) is 11.1 Å². The van der Waals surface area contributed by atoms with Crippen LogP contribution in [0, 0.1) is 0 Å². The van der Waals surface area contributed by atoms with Crippen molar-refractivity contribution >= 4 is 28.4 Å². The lowest BCUT2D eigenvalue weighted by Gasteiger charge is -2.09. The van der Waals surface area contributed by atoms with Crippen LogP contribution in [0.15, 0.2) is 55.1 Å². The van der Waals surface area contributed by atoms with E-state index in [-0.39, 0.29) is 0 Å². The van der Waals surface area contributed by atoms with E-state index in [9.17, 15) is 0 Å². The molecule has 0 saturated heterocycles. The number of benzene rings is 1. The molecule has 0 aliphatic rings. The van der Waals surface area contributed by atoms with Crippen molar-refractivity contribution in [2.45, 2.75) is 0 Å². The zero-order chi connectivity index (χ0) is 17.2. The predicted octanol–water partition coefficient (Wildman–Crippen LogP) is 2.88. The molecule has 3 heterocycles. The third-order valence-electron chi connectivity index (χ3n) is 3.56. The molecule has 8 nitrogen and oxygen atoms in total. The SMILES string of the molecule is Cn1ccc(Nc2ncnc3ccc(Oc4ccc(N)nc4)cc23)n1. The number of fused-ring (bicyclic) bond motifs is 1. The minimum atomic E-state index is 0.445. The molecule has 0 aliphatic heterocycles. The number of hydrogen-bond acceptors (Lipinski definition) is 7. The number of nitrogen functional groups attached to an aromatic ring is 1. The molecule has 0 aliphatic carbocycles. The topological polar surface area (TPSA) is 104 Å². The van der Waals surface area contributed by atoms with Gasteiger partial charge in [-0.2, -0.15) is 5.10 Å². The number of nitrogens with two attached hydrogens (primary N) is 1.